The zero-order valence-corrected chi connectivity index (χ0v) is 15.6. The fraction of sp³-hybridized carbons (Fsp3) is 0.280. The predicted molar refractivity (Wildman–Crippen MR) is 111 cm³/mol. The molecule has 0 fully saturated rings. The van der Waals surface area contributed by atoms with Crippen molar-refractivity contribution in [3.05, 3.63) is 84.2 Å². The second-order valence-electron chi connectivity index (χ2n) is 6.96. The van der Waals surface area contributed by atoms with Gasteiger partial charge in [0.2, 0.25) is 0 Å². The summed E-state index contributed by atoms with van der Waals surface area (Å²) in [6.45, 7) is 5.94. The summed E-state index contributed by atoms with van der Waals surface area (Å²) in [7, 11) is 0. The Hall–Kier alpha value is -2.41. The SMILES string of the molecule is C=CCCc1ccc(-c2ccc3c(F)c(CCCCC)ccc3c2)cc1. The first-order chi connectivity index (χ1) is 12.7. The molecule has 3 rings (SSSR count). The van der Waals surface area contributed by atoms with Crippen molar-refractivity contribution in [1.29, 1.82) is 0 Å². The van der Waals surface area contributed by atoms with Crippen molar-refractivity contribution in [2.24, 2.45) is 0 Å². The summed E-state index contributed by atoms with van der Waals surface area (Å²) >= 11 is 0. The van der Waals surface area contributed by atoms with Crippen LogP contribution in [0.2, 0.25) is 0 Å². The normalized spacial score (nSPS) is 11.0. The third-order valence-electron chi connectivity index (χ3n) is 5.01. The number of aryl methyl sites for hydroxylation is 2. The molecule has 0 radical (unpaired) electrons. The molecule has 0 spiro atoms. The highest BCUT2D eigenvalue weighted by Crippen LogP contribution is 2.28. The smallest absolute Gasteiger partial charge is 0.134 e. The number of hydrogen-bond donors (Lipinski definition) is 0. The van der Waals surface area contributed by atoms with Crippen LogP contribution in [0.1, 0.15) is 43.7 Å². The number of benzene rings is 3. The minimum absolute atomic E-state index is 0.0510. The van der Waals surface area contributed by atoms with E-state index in [1.54, 1.807) is 0 Å². The molecule has 0 aliphatic heterocycles. The average molecular weight is 346 g/mol. The topological polar surface area (TPSA) is 0 Å². The number of unbranched alkanes of at least 4 members (excludes halogenated alkanes) is 2. The maximum Gasteiger partial charge on any atom is 0.134 e. The molecule has 0 heterocycles. The first-order valence-corrected chi connectivity index (χ1v) is 9.64. The second-order valence-corrected chi connectivity index (χ2v) is 6.96. The van der Waals surface area contributed by atoms with Gasteiger partial charge < -0.3 is 0 Å². The Morgan fingerprint density at radius 1 is 0.885 bits per heavy atom. The zero-order chi connectivity index (χ0) is 18.4. The molecular weight excluding hydrogens is 319 g/mol. The molecule has 0 bridgehead atoms. The van der Waals surface area contributed by atoms with Gasteiger partial charge in [0, 0.05) is 5.39 Å². The maximum absolute atomic E-state index is 14.8. The molecule has 0 saturated carbocycles. The monoisotopic (exact) mass is 346 g/mol. The molecule has 134 valence electrons. The molecule has 3 aromatic rings. The van der Waals surface area contributed by atoms with Crippen LogP contribution < -0.4 is 0 Å². The van der Waals surface area contributed by atoms with Crippen molar-refractivity contribution in [3.63, 3.8) is 0 Å². The van der Waals surface area contributed by atoms with Crippen LogP contribution in [0.5, 0.6) is 0 Å². The Balaban J connectivity index is 1.85. The van der Waals surface area contributed by atoms with Gasteiger partial charge in [-0.3, -0.25) is 0 Å². The Kier molecular flexibility index (Phi) is 6.22. The lowest BCUT2D eigenvalue weighted by Crippen LogP contribution is -1.93. The number of halogens is 1. The Bertz CT molecular complexity index is 875. The summed E-state index contributed by atoms with van der Waals surface area (Å²) in [6.07, 6.45) is 8.15. The van der Waals surface area contributed by atoms with Crippen LogP contribution in [-0.2, 0) is 12.8 Å². The van der Waals surface area contributed by atoms with E-state index in [4.69, 9.17) is 0 Å². The van der Waals surface area contributed by atoms with Crippen molar-refractivity contribution >= 4 is 10.8 Å². The number of hydrogen-bond acceptors (Lipinski definition) is 0. The largest absolute Gasteiger partial charge is 0.206 e. The van der Waals surface area contributed by atoms with Crippen LogP contribution in [0.4, 0.5) is 4.39 Å². The highest BCUT2D eigenvalue weighted by Gasteiger charge is 2.08. The molecule has 0 unspecified atom stereocenters. The van der Waals surface area contributed by atoms with Crippen molar-refractivity contribution in [3.8, 4) is 11.1 Å². The highest BCUT2D eigenvalue weighted by atomic mass is 19.1. The Morgan fingerprint density at radius 2 is 1.65 bits per heavy atom. The molecule has 0 atom stereocenters. The molecule has 0 aliphatic rings. The van der Waals surface area contributed by atoms with Gasteiger partial charge in [0.15, 0.2) is 0 Å². The van der Waals surface area contributed by atoms with Gasteiger partial charge in [-0.1, -0.05) is 74.4 Å². The van der Waals surface area contributed by atoms with E-state index in [0.717, 1.165) is 60.4 Å². The third-order valence-corrected chi connectivity index (χ3v) is 5.01. The summed E-state index contributed by atoms with van der Waals surface area (Å²) in [4.78, 5) is 0. The van der Waals surface area contributed by atoms with Gasteiger partial charge in [-0.2, -0.15) is 0 Å². The summed E-state index contributed by atoms with van der Waals surface area (Å²) in [5.41, 5.74) is 4.45. The fourth-order valence-electron chi connectivity index (χ4n) is 3.41. The summed E-state index contributed by atoms with van der Waals surface area (Å²) in [6, 6.07) is 18.7. The molecule has 26 heavy (non-hydrogen) atoms. The number of rotatable bonds is 8. The third kappa shape index (κ3) is 4.22. The quantitative estimate of drug-likeness (QED) is 0.293. The van der Waals surface area contributed by atoms with Gasteiger partial charge in [0.25, 0.3) is 0 Å². The zero-order valence-electron chi connectivity index (χ0n) is 15.6. The van der Waals surface area contributed by atoms with E-state index in [9.17, 15) is 4.39 Å². The van der Waals surface area contributed by atoms with Gasteiger partial charge in [0.05, 0.1) is 0 Å². The van der Waals surface area contributed by atoms with E-state index in [1.165, 1.54) is 11.1 Å². The van der Waals surface area contributed by atoms with Crippen LogP contribution in [0.3, 0.4) is 0 Å². The summed E-state index contributed by atoms with van der Waals surface area (Å²) in [5, 5.41) is 1.69. The molecule has 0 aliphatic carbocycles. The minimum atomic E-state index is -0.0510. The van der Waals surface area contributed by atoms with Crippen LogP contribution in [0.15, 0.2) is 67.3 Å². The van der Waals surface area contributed by atoms with Crippen LogP contribution >= 0.6 is 0 Å². The summed E-state index contributed by atoms with van der Waals surface area (Å²) in [5.74, 6) is -0.0510. The first-order valence-electron chi connectivity index (χ1n) is 9.64. The van der Waals surface area contributed by atoms with Crippen molar-refractivity contribution in [2.45, 2.75) is 45.4 Å². The van der Waals surface area contributed by atoms with Crippen LogP contribution in [-0.4, -0.2) is 0 Å². The van der Waals surface area contributed by atoms with Gasteiger partial charge in [-0.05, 0) is 59.4 Å². The molecular formula is C25H27F. The van der Waals surface area contributed by atoms with E-state index in [2.05, 4.69) is 49.9 Å². The Labute approximate surface area is 156 Å². The lowest BCUT2D eigenvalue weighted by Gasteiger charge is -2.09. The average Bonchev–Trinajstić information content (AvgIpc) is 2.68. The summed E-state index contributed by atoms with van der Waals surface area (Å²) < 4.78 is 14.8. The lowest BCUT2D eigenvalue weighted by atomic mass is 9.97. The van der Waals surface area contributed by atoms with E-state index in [1.807, 2.05) is 24.3 Å². The van der Waals surface area contributed by atoms with Gasteiger partial charge in [0.1, 0.15) is 5.82 Å². The van der Waals surface area contributed by atoms with E-state index >= 15 is 0 Å². The van der Waals surface area contributed by atoms with E-state index in [-0.39, 0.29) is 5.82 Å². The molecule has 0 saturated heterocycles. The van der Waals surface area contributed by atoms with Crippen molar-refractivity contribution in [2.75, 3.05) is 0 Å². The van der Waals surface area contributed by atoms with Crippen molar-refractivity contribution in [1.82, 2.24) is 0 Å². The van der Waals surface area contributed by atoms with Crippen LogP contribution in [0.25, 0.3) is 21.9 Å². The molecule has 0 nitrogen and oxygen atoms in total. The standard InChI is InChI=1S/C25H27F/c1-3-5-7-9-21-14-15-23-18-22(16-17-24(23)25(21)26)20-12-10-19(11-13-20)8-6-4-2/h4,10-18H,2-3,5-9H2,1H3. The molecule has 0 amide bonds. The predicted octanol–water partition coefficient (Wildman–Crippen LogP) is 7.50. The van der Waals surface area contributed by atoms with Gasteiger partial charge in [-0.15, -0.1) is 6.58 Å². The van der Waals surface area contributed by atoms with E-state index < -0.39 is 0 Å². The molecule has 0 aromatic heterocycles. The van der Waals surface area contributed by atoms with E-state index in [0.29, 0.717) is 0 Å². The maximum atomic E-state index is 14.8. The number of fused-ring (bicyclic) bond motifs is 1. The molecule has 0 N–H and O–H groups in total. The minimum Gasteiger partial charge on any atom is -0.206 e. The fourth-order valence-corrected chi connectivity index (χ4v) is 3.41. The lowest BCUT2D eigenvalue weighted by molar-refractivity contribution is 0.609. The van der Waals surface area contributed by atoms with Crippen molar-refractivity contribution < 1.29 is 4.39 Å². The molecule has 1 heteroatoms. The Morgan fingerprint density at radius 3 is 2.38 bits per heavy atom. The first kappa shape index (κ1) is 18.4. The highest BCUT2D eigenvalue weighted by molar-refractivity contribution is 5.88. The molecule has 3 aromatic carbocycles. The second kappa shape index (κ2) is 8.80. The number of allylic oxidation sites excluding steroid dienone is 1. The van der Waals surface area contributed by atoms with Gasteiger partial charge in [-0.25, -0.2) is 4.39 Å². The van der Waals surface area contributed by atoms with Crippen LogP contribution in [0, 0.1) is 5.82 Å². The van der Waals surface area contributed by atoms with Gasteiger partial charge >= 0.3 is 0 Å².